The Morgan fingerprint density at radius 1 is 1.43 bits per heavy atom. The van der Waals surface area contributed by atoms with Gasteiger partial charge in [0.2, 0.25) is 0 Å². The highest BCUT2D eigenvalue weighted by molar-refractivity contribution is 5.77. The summed E-state index contributed by atoms with van der Waals surface area (Å²) in [5, 5.41) is 0. The van der Waals surface area contributed by atoms with Crippen LogP contribution in [0.15, 0.2) is 36.4 Å². The van der Waals surface area contributed by atoms with Crippen molar-refractivity contribution in [2.75, 3.05) is 0 Å². The Kier molecular flexibility index (Phi) is 4.11. The van der Waals surface area contributed by atoms with Crippen LogP contribution in [0.2, 0.25) is 0 Å². The Morgan fingerprint density at radius 2 is 2.14 bits per heavy atom. The number of aldehydes is 1. The molecule has 0 spiro atoms. The summed E-state index contributed by atoms with van der Waals surface area (Å²) in [7, 11) is 0. The van der Waals surface area contributed by atoms with E-state index in [1.807, 2.05) is 24.3 Å². The van der Waals surface area contributed by atoms with Crippen LogP contribution in [0.25, 0.3) is 0 Å². The molecule has 0 fully saturated rings. The van der Waals surface area contributed by atoms with Crippen LogP contribution in [0, 0.1) is 0 Å². The van der Waals surface area contributed by atoms with Crippen LogP contribution >= 0.6 is 0 Å². The summed E-state index contributed by atoms with van der Waals surface area (Å²) in [6, 6.07) is 7.72. The molecule has 1 heteroatoms. The zero-order valence-corrected chi connectivity index (χ0v) is 8.62. The molecule has 0 radical (unpaired) electrons. The molecule has 1 rings (SSSR count). The van der Waals surface area contributed by atoms with Crippen LogP contribution in [0.5, 0.6) is 0 Å². The van der Waals surface area contributed by atoms with Crippen LogP contribution < -0.4 is 0 Å². The molecule has 0 bridgehead atoms. The van der Waals surface area contributed by atoms with E-state index in [1.165, 1.54) is 5.57 Å². The van der Waals surface area contributed by atoms with Gasteiger partial charge in [-0.25, -0.2) is 0 Å². The monoisotopic (exact) mass is 188 g/mol. The molecular weight excluding hydrogens is 172 g/mol. The van der Waals surface area contributed by atoms with Gasteiger partial charge in [0.1, 0.15) is 6.29 Å². The van der Waals surface area contributed by atoms with Gasteiger partial charge in [0.25, 0.3) is 0 Å². The van der Waals surface area contributed by atoms with E-state index in [9.17, 15) is 4.79 Å². The second-order valence-electron chi connectivity index (χ2n) is 3.42. The van der Waals surface area contributed by atoms with E-state index in [0.717, 1.165) is 36.7 Å². The zero-order chi connectivity index (χ0) is 10.4. The third-order valence-electron chi connectivity index (χ3n) is 2.43. The molecule has 0 N–H and O–H groups in total. The summed E-state index contributed by atoms with van der Waals surface area (Å²) in [6.45, 7) is 6.06. The first-order valence-electron chi connectivity index (χ1n) is 4.97. The van der Waals surface area contributed by atoms with E-state index >= 15 is 0 Å². The lowest BCUT2D eigenvalue weighted by Crippen LogP contribution is -1.93. The van der Waals surface area contributed by atoms with Crippen molar-refractivity contribution in [3.05, 3.63) is 47.5 Å². The molecule has 0 aliphatic rings. The molecule has 74 valence electrons. The third kappa shape index (κ3) is 2.84. The first-order chi connectivity index (χ1) is 6.77. The molecule has 0 heterocycles. The van der Waals surface area contributed by atoms with Crippen LogP contribution in [0.4, 0.5) is 0 Å². The van der Waals surface area contributed by atoms with E-state index < -0.39 is 0 Å². The van der Waals surface area contributed by atoms with Crippen molar-refractivity contribution in [3.8, 4) is 0 Å². The summed E-state index contributed by atoms with van der Waals surface area (Å²) in [5.74, 6) is 0. The Labute approximate surface area is 85.5 Å². The SMILES string of the molecule is C=C(CC)CCc1ccccc1C=O. The fourth-order valence-electron chi connectivity index (χ4n) is 1.37. The predicted molar refractivity (Wildman–Crippen MR) is 59.6 cm³/mol. The lowest BCUT2D eigenvalue weighted by atomic mass is 10.0. The van der Waals surface area contributed by atoms with Gasteiger partial charge in [-0.05, 0) is 24.8 Å². The quantitative estimate of drug-likeness (QED) is 0.511. The van der Waals surface area contributed by atoms with Crippen molar-refractivity contribution in [3.63, 3.8) is 0 Å². The van der Waals surface area contributed by atoms with Gasteiger partial charge in [-0.3, -0.25) is 4.79 Å². The second-order valence-corrected chi connectivity index (χ2v) is 3.42. The minimum Gasteiger partial charge on any atom is -0.298 e. The van der Waals surface area contributed by atoms with E-state index in [0.29, 0.717) is 0 Å². The van der Waals surface area contributed by atoms with Gasteiger partial charge >= 0.3 is 0 Å². The predicted octanol–water partition coefficient (Wildman–Crippen LogP) is 3.40. The normalized spacial score (nSPS) is 9.79. The zero-order valence-electron chi connectivity index (χ0n) is 8.62. The molecule has 0 unspecified atom stereocenters. The first kappa shape index (κ1) is 10.7. The van der Waals surface area contributed by atoms with Gasteiger partial charge in [0.05, 0.1) is 0 Å². The van der Waals surface area contributed by atoms with Gasteiger partial charge < -0.3 is 0 Å². The van der Waals surface area contributed by atoms with E-state index in [1.54, 1.807) is 0 Å². The minimum absolute atomic E-state index is 0.802. The largest absolute Gasteiger partial charge is 0.298 e. The van der Waals surface area contributed by atoms with Crippen molar-refractivity contribution >= 4 is 6.29 Å². The number of hydrogen-bond acceptors (Lipinski definition) is 1. The average Bonchev–Trinajstić information content (AvgIpc) is 2.26. The fraction of sp³-hybridized carbons (Fsp3) is 0.308. The maximum absolute atomic E-state index is 10.7. The molecule has 1 aromatic carbocycles. The fourth-order valence-corrected chi connectivity index (χ4v) is 1.37. The third-order valence-corrected chi connectivity index (χ3v) is 2.43. The number of hydrogen-bond donors (Lipinski definition) is 0. The van der Waals surface area contributed by atoms with Gasteiger partial charge in [-0.2, -0.15) is 0 Å². The van der Waals surface area contributed by atoms with Crippen LogP contribution in [0.1, 0.15) is 35.7 Å². The smallest absolute Gasteiger partial charge is 0.150 e. The van der Waals surface area contributed by atoms with Crippen molar-refractivity contribution < 1.29 is 4.79 Å². The average molecular weight is 188 g/mol. The highest BCUT2D eigenvalue weighted by Gasteiger charge is 2.00. The van der Waals surface area contributed by atoms with Crippen molar-refractivity contribution in [2.45, 2.75) is 26.2 Å². The maximum Gasteiger partial charge on any atom is 0.150 e. The Hall–Kier alpha value is -1.37. The minimum atomic E-state index is 0.802. The maximum atomic E-state index is 10.7. The highest BCUT2D eigenvalue weighted by Crippen LogP contribution is 2.13. The number of carbonyl (C=O) groups excluding carboxylic acids is 1. The molecule has 0 amide bonds. The topological polar surface area (TPSA) is 17.1 Å². The number of benzene rings is 1. The molecule has 0 saturated heterocycles. The van der Waals surface area contributed by atoms with Gasteiger partial charge in [0, 0.05) is 5.56 Å². The molecule has 0 aliphatic heterocycles. The molecule has 14 heavy (non-hydrogen) atoms. The number of aryl methyl sites for hydroxylation is 1. The van der Waals surface area contributed by atoms with E-state index in [2.05, 4.69) is 13.5 Å². The molecule has 1 aromatic rings. The van der Waals surface area contributed by atoms with Gasteiger partial charge in [-0.1, -0.05) is 43.3 Å². The Balaban J connectivity index is 2.66. The van der Waals surface area contributed by atoms with Crippen LogP contribution in [0.3, 0.4) is 0 Å². The molecule has 0 aliphatic carbocycles. The molecule has 0 atom stereocenters. The van der Waals surface area contributed by atoms with Crippen molar-refractivity contribution in [1.82, 2.24) is 0 Å². The second kappa shape index (κ2) is 5.38. The van der Waals surface area contributed by atoms with Crippen LogP contribution in [-0.2, 0) is 6.42 Å². The standard InChI is InChI=1S/C13H16O/c1-3-11(2)8-9-12-6-4-5-7-13(12)10-14/h4-7,10H,2-3,8-9H2,1H3. The van der Waals surface area contributed by atoms with Crippen molar-refractivity contribution in [1.29, 1.82) is 0 Å². The van der Waals surface area contributed by atoms with Crippen LogP contribution in [-0.4, -0.2) is 6.29 Å². The summed E-state index contributed by atoms with van der Waals surface area (Å²) >= 11 is 0. The first-order valence-corrected chi connectivity index (χ1v) is 4.97. The summed E-state index contributed by atoms with van der Waals surface area (Å²) in [6.07, 6.45) is 3.83. The van der Waals surface area contributed by atoms with Crippen molar-refractivity contribution in [2.24, 2.45) is 0 Å². The van der Waals surface area contributed by atoms with Gasteiger partial charge in [-0.15, -0.1) is 0 Å². The Morgan fingerprint density at radius 3 is 2.79 bits per heavy atom. The summed E-state index contributed by atoms with van der Waals surface area (Å²) in [4.78, 5) is 10.7. The molecule has 0 saturated carbocycles. The number of rotatable bonds is 5. The summed E-state index contributed by atoms with van der Waals surface area (Å²) < 4.78 is 0. The van der Waals surface area contributed by atoms with Gasteiger partial charge in [0.15, 0.2) is 0 Å². The molecular formula is C13H16O. The lowest BCUT2D eigenvalue weighted by Gasteiger charge is -2.05. The Bertz CT molecular complexity index is 326. The highest BCUT2D eigenvalue weighted by atomic mass is 16.1. The number of carbonyl (C=O) groups is 1. The number of allylic oxidation sites excluding steroid dienone is 1. The molecule has 0 aromatic heterocycles. The van der Waals surface area contributed by atoms with E-state index in [4.69, 9.17) is 0 Å². The molecule has 1 nitrogen and oxygen atoms in total. The lowest BCUT2D eigenvalue weighted by molar-refractivity contribution is 0.112. The van der Waals surface area contributed by atoms with E-state index in [-0.39, 0.29) is 0 Å². The summed E-state index contributed by atoms with van der Waals surface area (Å²) in [5.41, 5.74) is 3.17.